The van der Waals surface area contributed by atoms with Crippen LogP contribution >= 0.6 is 0 Å². The number of aryl methyl sites for hydroxylation is 2. The number of sulfonamides is 1. The molecule has 0 unspecified atom stereocenters. The maximum absolute atomic E-state index is 12.2. The van der Waals surface area contributed by atoms with Crippen LogP contribution in [0.2, 0.25) is 0 Å². The van der Waals surface area contributed by atoms with Crippen molar-refractivity contribution in [2.75, 3.05) is 32.6 Å². The largest absolute Gasteiger partial charge is 0.385 e. The lowest BCUT2D eigenvalue weighted by Crippen LogP contribution is -2.40. The van der Waals surface area contributed by atoms with E-state index in [-0.39, 0.29) is 5.75 Å². The van der Waals surface area contributed by atoms with E-state index in [1.54, 1.807) is 11.4 Å². The van der Waals surface area contributed by atoms with Crippen LogP contribution in [0, 0.1) is 12.8 Å². The first kappa shape index (κ1) is 18.4. The molecule has 1 aliphatic heterocycles. The van der Waals surface area contributed by atoms with E-state index < -0.39 is 10.0 Å². The third kappa shape index (κ3) is 5.90. The van der Waals surface area contributed by atoms with Crippen LogP contribution in [0.1, 0.15) is 36.8 Å². The van der Waals surface area contributed by atoms with Crippen LogP contribution in [-0.4, -0.2) is 45.3 Å². The molecule has 23 heavy (non-hydrogen) atoms. The number of methoxy groups -OCH3 is 1. The average molecular weight is 340 g/mol. The van der Waals surface area contributed by atoms with Gasteiger partial charge in [-0.25, -0.2) is 12.7 Å². The first-order valence-electron chi connectivity index (χ1n) is 8.53. The highest BCUT2D eigenvalue weighted by Crippen LogP contribution is 2.24. The van der Waals surface area contributed by atoms with Crippen LogP contribution in [0.15, 0.2) is 24.3 Å². The second-order valence-electron chi connectivity index (χ2n) is 6.53. The van der Waals surface area contributed by atoms with Gasteiger partial charge < -0.3 is 4.74 Å². The highest BCUT2D eigenvalue weighted by Gasteiger charge is 2.27. The fourth-order valence-electron chi connectivity index (χ4n) is 3.12. The van der Waals surface area contributed by atoms with Gasteiger partial charge in [0.25, 0.3) is 0 Å². The van der Waals surface area contributed by atoms with Crippen LogP contribution in [0.3, 0.4) is 0 Å². The van der Waals surface area contributed by atoms with Crippen LogP contribution in [0.4, 0.5) is 0 Å². The summed E-state index contributed by atoms with van der Waals surface area (Å²) >= 11 is 0. The van der Waals surface area contributed by atoms with E-state index in [0.29, 0.717) is 32.0 Å². The Kier molecular flexibility index (Phi) is 7.06. The zero-order chi connectivity index (χ0) is 16.7. The van der Waals surface area contributed by atoms with E-state index in [0.717, 1.165) is 25.7 Å². The highest BCUT2D eigenvalue weighted by molar-refractivity contribution is 7.89. The van der Waals surface area contributed by atoms with Crippen LogP contribution in [0.5, 0.6) is 0 Å². The number of nitrogens with zero attached hydrogens (tertiary/aromatic N) is 1. The summed E-state index contributed by atoms with van der Waals surface area (Å²) in [5.41, 5.74) is 2.67. The van der Waals surface area contributed by atoms with Crippen molar-refractivity contribution in [2.24, 2.45) is 5.92 Å². The number of piperidine rings is 1. The number of rotatable bonds is 8. The van der Waals surface area contributed by atoms with E-state index in [2.05, 4.69) is 31.2 Å². The number of benzene rings is 1. The lowest BCUT2D eigenvalue weighted by molar-refractivity contribution is 0.198. The maximum atomic E-state index is 12.2. The monoisotopic (exact) mass is 339 g/mol. The van der Waals surface area contributed by atoms with Crippen molar-refractivity contribution in [3.8, 4) is 0 Å². The number of hydrogen-bond donors (Lipinski definition) is 0. The number of ether oxygens (including phenoxy) is 1. The van der Waals surface area contributed by atoms with E-state index in [9.17, 15) is 8.42 Å². The molecule has 0 saturated carbocycles. The van der Waals surface area contributed by atoms with Gasteiger partial charge in [-0.05, 0) is 50.5 Å². The van der Waals surface area contributed by atoms with Crippen molar-refractivity contribution in [1.82, 2.24) is 4.31 Å². The molecule has 0 aromatic heterocycles. The second-order valence-corrected chi connectivity index (χ2v) is 8.62. The van der Waals surface area contributed by atoms with Crippen molar-refractivity contribution >= 4 is 10.0 Å². The molecule has 1 saturated heterocycles. The zero-order valence-corrected chi connectivity index (χ0v) is 15.1. The molecule has 1 aromatic rings. The van der Waals surface area contributed by atoms with Gasteiger partial charge in [-0.1, -0.05) is 29.8 Å². The average Bonchev–Trinajstić information content (AvgIpc) is 2.55. The molecule has 0 aliphatic carbocycles. The molecule has 0 atom stereocenters. The molecule has 130 valence electrons. The highest BCUT2D eigenvalue weighted by atomic mass is 32.2. The van der Waals surface area contributed by atoms with Gasteiger partial charge in [0, 0.05) is 26.8 Å². The molecule has 1 fully saturated rings. The molecule has 1 aromatic carbocycles. The minimum absolute atomic E-state index is 0.203. The summed E-state index contributed by atoms with van der Waals surface area (Å²) in [5, 5.41) is 0. The fourth-order valence-corrected chi connectivity index (χ4v) is 4.62. The van der Waals surface area contributed by atoms with Gasteiger partial charge in [-0.3, -0.25) is 0 Å². The van der Waals surface area contributed by atoms with Gasteiger partial charge in [-0.2, -0.15) is 0 Å². The second kappa shape index (κ2) is 8.81. The summed E-state index contributed by atoms with van der Waals surface area (Å²) in [6.07, 6.45) is 4.78. The Morgan fingerprint density at radius 2 is 1.83 bits per heavy atom. The summed E-state index contributed by atoms with van der Waals surface area (Å²) in [5.74, 6) is 0.844. The van der Waals surface area contributed by atoms with Crippen LogP contribution in [0.25, 0.3) is 0 Å². The van der Waals surface area contributed by atoms with Gasteiger partial charge in [0.05, 0.1) is 5.75 Å². The molecule has 0 bridgehead atoms. The maximum Gasteiger partial charge on any atom is 0.214 e. The van der Waals surface area contributed by atoms with Crippen LogP contribution < -0.4 is 0 Å². The smallest absolute Gasteiger partial charge is 0.214 e. The van der Waals surface area contributed by atoms with Gasteiger partial charge >= 0.3 is 0 Å². The van der Waals surface area contributed by atoms with Crippen molar-refractivity contribution in [3.05, 3.63) is 35.4 Å². The summed E-state index contributed by atoms with van der Waals surface area (Å²) in [7, 11) is -1.49. The molecule has 5 heteroatoms. The Balaban J connectivity index is 1.74. The molecule has 2 rings (SSSR count). The fraction of sp³-hybridized carbons (Fsp3) is 0.667. The summed E-state index contributed by atoms with van der Waals surface area (Å²) in [6.45, 7) is 3.96. The third-order valence-corrected chi connectivity index (χ3v) is 6.64. The van der Waals surface area contributed by atoms with Gasteiger partial charge in [0.1, 0.15) is 0 Å². The topological polar surface area (TPSA) is 46.6 Å². The van der Waals surface area contributed by atoms with Gasteiger partial charge in [-0.15, -0.1) is 0 Å². The molecule has 0 amide bonds. The molecule has 0 radical (unpaired) electrons. The Morgan fingerprint density at radius 1 is 1.17 bits per heavy atom. The summed E-state index contributed by atoms with van der Waals surface area (Å²) < 4.78 is 31.1. The molecular weight excluding hydrogens is 310 g/mol. The molecule has 0 spiro atoms. The molecular formula is C18H29NO3S. The normalized spacial score (nSPS) is 17.5. The molecule has 0 N–H and O–H groups in total. The lowest BCUT2D eigenvalue weighted by atomic mass is 9.91. The van der Waals surface area contributed by atoms with Crippen molar-refractivity contribution in [2.45, 2.75) is 39.0 Å². The Labute approximate surface area is 140 Å². The quantitative estimate of drug-likeness (QED) is 0.684. The van der Waals surface area contributed by atoms with Gasteiger partial charge in [0.2, 0.25) is 10.0 Å². The Hall–Kier alpha value is -0.910. The van der Waals surface area contributed by atoms with Crippen LogP contribution in [-0.2, 0) is 21.2 Å². The van der Waals surface area contributed by atoms with E-state index >= 15 is 0 Å². The zero-order valence-electron chi connectivity index (χ0n) is 14.3. The van der Waals surface area contributed by atoms with E-state index in [1.807, 2.05) is 0 Å². The van der Waals surface area contributed by atoms with Crippen molar-refractivity contribution in [3.63, 3.8) is 0 Å². The molecule has 1 aliphatic rings. The Morgan fingerprint density at radius 3 is 2.43 bits per heavy atom. The summed E-state index contributed by atoms with van der Waals surface area (Å²) in [4.78, 5) is 0. The van der Waals surface area contributed by atoms with E-state index in [1.165, 1.54) is 11.1 Å². The standard InChI is InChI=1S/C18H29NO3S/c1-16-4-6-17(7-5-16)8-9-18-10-12-19(13-11-18)23(20,21)15-3-14-22-2/h4-7,18H,3,8-15H2,1-2H3. The van der Waals surface area contributed by atoms with Crippen molar-refractivity contribution < 1.29 is 13.2 Å². The minimum Gasteiger partial charge on any atom is -0.385 e. The predicted octanol–water partition coefficient (Wildman–Crippen LogP) is 3.01. The Bertz CT molecular complexity index is 560. The third-order valence-electron chi connectivity index (χ3n) is 4.68. The van der Waals surface area contributed by atoms with Crippen molar-refractivity contribution in [1.29, 1.82) is 0 Å². The van der Waals surface area contributed by atoms with E-state index in [4.69, 9.17) is 4.74 Å². The number of hydrogen-bond acceptors (Lipinski definition) is 3. The summed E-state index contributed by atoms with van der Waals surface area (Å²) in [6, 6.07) is 8.71. The first-order valence-corrected chi connectivity index (χ1v) is 10.1. The lowest BCUT2D eigenvalue weighted by Gasteiger charge is -2.31. The molecule has 1 heterocycles. The molecule has 4 nitrogen and oxygen atoms in total. The SMILES string of the molecule is COCCCS(=O)(=O)N1CCC(CCc2ccc(C)cc2)CC1. The minimum atomic E-state index is -3.10. The predicted molar refractivity (Wildman–Crippen MR) is 94.1 cm³/mol. The van der Waals surface area contributed by atoms with Gasteiger partial charge in [0.15, 0.2) is 0 Å². The first-order chi connectivity index (χ1) is 11.0.